The van der Waals surface area contributed by atoms with Crippen LogP contribution in [0.4, 0.5) is 0 Å². The van der Waals surface area contributed by atoms with Crippen molar-refractivity contribution in [2.24, 2.45) is 0 Å². The van der Waals surface area contributed by atoms with Crippen LogP contribution in [0.5, 0.6) is 11.5 Å². The summed E-state index contributed by atoms with van der Waals surface area (Å²) in [6.45, 7) is 5.72. The molecule has 0 saturated heterocycles. The van der Waals surface area contributed by atoms with Crippen molar-refractivity contribution < 1.29 is 28.9 Å². The van der Waals surface area contributed by atoms with Crippen molar-refractivity contribution in [3.63, 3.8) is 0 Å². The first-order chi connectivity index (χ1) is 15.9. The van der Waals surface area contributed by atoms with Gasteiger partial charge in [-0.05, 0) is 56.7 Å². The number of carboxylic acids is 1. The van der Waals surface area contributed by atoms with E-state index in [0.29, 0.717) is 36.0 Å². The van der Waals surface area contributed by atoms with E-state index in [0.717, 1.165) is 16.8 Å². The maximum Gasteiger partial charge on any atom is 0.341 e. The van der Waals surface area contributed by atoms with Gasteiger partial charge in [0.15, 0.2) is 18.5 Å². The molecule has 1 heterocycles. The summed E-state index contributed by atoms with van der Waals surface area (Å²) >= 11 is 0. The Morgan fingerprint density at radius 1 is 1.06 bits per heavy atom. The lowest BCUT2D eigenvalue weighted by atomic mass is 10.1. The molecule has 0 radical (unpaired) electrons. The average molecular weight is 450 g/mol. The number of carbonyl (C=O) groups is 2. The van der Waals surface area contributed by atoms with Crippen molar-refractivity contribution >= 4 is 11.8 Å². The van der Waals surface area contributed by atoms with Crippen LogP contribution in [0.3, 0.4) is 0 Å². The molecule has 7 heteroatoms. The molecule has 2 aromatic carbocycles. The maximum atomic E-state index is 11.5. The van der Waals surface area contributed by atoms with Gasteiger partial charge < -0.3 is 19.3 Å². The molecular weight excluding hydrogens is 422 g/mol. The first kappa shape index (κ1) is 23.9. The molecule has 0 fully saturated rings. The summed E-state index contributed by atoms with van der Waals surface area (Å²) in [7, 11) is 0. The zero-order chi connectivity index (χ0) is 23.8. The van der Waals surface area contributed by atoms with Gasteiger partial charge in [0.1, 0.15) is 11.5 Å². The molecule has 0 spiro atoms. The summed E-state index contributed by atoms with van der Waals surface area (Å²) in [5.74, 6) is 0.0645. The van der Waals surface area contributed by atoms with Crippen LogP contribution in [0.25, 0.3) is 11.3 Å². The van der Waals surface area contributed by atoms with Crippen LogP contribution in [0.1, 0.15) is 41.6 Å². The third-order valence-corrected chi connectivity index (χ3v) is 4.94. The van der Waals surface area contributed by atoms with Crippen LogP contribution in [0.15, 0.2) is 60.7 Å². The van der Waals surface area contributed by atoms with Gasteiger partial charge in [-0.2, -0.15) is 0 Å². The fourth-order valence-electron chi connectivity index (χ4n) is 3.23. The Bertz CT molecular complexity index is 1110. The number of nitrogens with zero attached hydrogens (tertiary/aromatic N) is 1. The van der Waals surface area contributed by atoms with E-state index in [4.69, 9.17) is 24.3 Å². The molecule has 0 saturated carbocycles. The fourth-order valence-corrected chi connectivity index (χ4v) is 3.23. The fraction of sp³-hybridized carbons (Fsp3) is 0.269. The zero-order valence-corrected chi connectivity index (χ0v) is 18.9. The zero-order valence-electron chi connectivity index (χ0n) is 18.9. The SMILES string of the molecule is CCOC[C@H](Oc1ccc(OCC(=O)O)c(C)c1)c1cccc(-c2ccc(C(C)=O)cc2)n1. The van der Waals surface area contributed by atoms with Gasteiger partial charge >= 0.3 is 5.97 Å². The molecule has 33 heavy (non-hydrogen) atoms. The molecule has 0 aliphatic heterocycles. The minimum Gasteiger partial charge on any atom is -0.482 e. The smallest absolute Gasteiger partial charge is 0.341 e. The predicted octanol–water partition coefficient (Wildman–Crippen LogP) is 4.88. The average Bonchev–Trinajstić information content (AvgIpc) is 2.81. The number of rotatable bonds is 11. The number of hydrogen-bond acceptors (Lipinski definition) is 6. The highest BCUT2D eigenvalue weighted by atomic mass is 16.5. The number of pyridine rings is 1. The number of carbonyl (C=O) groups excluding carboxylic acids is 1. The molecule has 1 N–H and O–H groups in total. The van der Waals surface area contributed by atoms with Crippen molar-refractivity contribution in [1.29, 1.82) is 0 Å². The van der Waals surface area contributed by atoms with Gasteiger partial charge in [-0.3, -0.25) is 4.79 Å². The van der Waals surface area contributed by atoms with E-state index in [1.54, 1.807) is 30.3 Å². The van der Waals surface area contributed by atoms with E-state index in [-0.39, 0.29) is 5.78 Å². The van der Waals surface area contributed by atoms with E-state index in [9.17, 15) is 9.59 Å². The van der Waals surface area contributed by atoms with Gasteiger partial charge in [0.05, 0.1) is 18.0 Å². The lowest BCUT2D eigenvalue weighted by molar-refractivity contribution is -0.139. The molecule has 3 rings (SSSR count). The molecule has 0 amide bonds. The Kier molecular flexibility index (Phi) is 8.16. The Labute approximate surface area is 193 Å². The van der Waals surface area contributed by atoms with E-state index >= 15 is 0 Å². The highest BCUT2D eigenvalue weighted by Crippen LogP contribution is 2.28. The first-order valence-corrected chi connectivity index (χ1v) is 10.7. The molecule has 0 unspecified atom stereocenters. The first-order valence-electron chi connectivity index (χ1n) is 10.7. The second-order valence-corrected chi connectivity index (χ2v) is 7.46. The molecule has 0 aliphatic carbocycles. The van der Waals surface area contributed by atoms with Crippen molar-refractivity contribution in [3.05, 3.63) is 77.5 Å². The second-order valence-electron chi connectivity index (χ2n) is 7.46. The third kappa shape index (κ3) is 6.63. The van der Waals surface area contributed by atoms with Gasteiger partial charge in [0.25, 0.3) is 0 Å². The summed E-state index contributed by atoms with van der Waals surface area (Å²) in [6.07, 6.45) is -0.452. The number of hydrogen-bond donors (Lipinski definition) is 1. The van der Waals surface area contributed by atoms with E-state index in [1.165, 1.54) is 6.92 Å². The monoisotopic (exact) mass is 449 g/mol. The second kappa shape index (κ2) is 11.2. The number of ether oxygens (including phenoxy) is 3. The van der Waals surface area contributed by atoms with Crippen LogP contribution < -0.4 is 9.47 Å². The quantitative estimate of drug-likeness (QED) is 0.417. The van der Waals surface area contributed by atoms with Gasteiger partial charge in [0, 0.05) is 17.7 Å². The standard InChI is InChI=1S/C26H27NO6/c1-4-31-15-25(33-21-12-13-24(17(2)14-21)32-16-26(29)30)23-7-5-6-22(27-23)20-10-8-19(9-11-20)18(3)28/h5-14,25H,4,15-16H2,1-3H3,(H,29,30)/t25-/m0/s1. The molecule has 1 atom stereocenters. The summed E-state index contributed by atoms with van der Waals surface area (Å²) in [5.41, 5.74) is 3.78. The van der Waals surface area contributed by atoms with Gasteiger partial charge in [0.2, 0.25) is 0 Å². The molecule has 172 valence electrons. The maximum absolute atomic E-state index is 11.5. The molecular formula is C26H27NO6. The van der Waals surface area contributed by atoms with Gasteiger partial charge in [-0.15, -0.1) is 0 Å². The lowest BCUT2D eigenvalue weighted by Gasteiger charge is -2.20. The highest BCUT2D eigenvalue weighted by Gasteiger charge is 2.17. The Balaban J connectivity index is 1.83. The largest absolute Gasteiger partial charge is 0.482 e. The normalized spacial score (nSPS) is 11.6. The van der Waals surface area contributed by atoms with E-state index in [1.807, 2.05) is 44.2 Å². The van der Waals surface area contributed by atoms with Crippen LogP contribution in [-0.2, 0) is 9.53 Å². The Morgan fingerprint density at radius 2 is 1.82 bits per heavy atom. The number of benzene rings is 2. The lowest BCUT2D eigenvalue weighted by Crippen LogP contribution is -2.16. The third-order valence-electron chi connectivity index (χ3n) is 4.94. The van der Waals surface area contributed by atoms with Crippen LogP contribution in [0.2, 0.25) is 0 Å². The molecule has 0 bridgehead atoms. The highest BCUT2D eigenvalue weighted by molar-refractivity contribution is 5.94. The molecule has 3 aromatic rings. The number of Topliss-reactive ketones (excluding diaryl/α,β-unsaturated/α-hetero) is 1. The number of aryl methyl sites for hydroxylation is 1. The number of aliphatic carboxylic acids is 1. The minimum atomic E-state index is -1.03. The van der Waals surface area contributed by atoms with Crippen LogP contribution in [0, 0.1) is 6.92 Å². The minimum absolute atomic E-state index is 0.0168. The van der Waals surface area contributed by atoms with Crippen molar-refractivity contribution in [2.45, 2.75) is 26.9 Å². The van der Waals surface area contributed by atoms with E-state index < -0.39 is 18.7 Å². The Hall–Kier alpha value is -3.71. The van der Waals surface area contributed by atoms with Crippen molar-refractivity contribution in [2.75, 3.05) is 19.8 Å². The van der Waals surface area contributed by atoms with Crippen molar-refractivity contribution in [3.8, 4) is 22.8 Å². The molecule has 1 aromatic heterocycles. The van der Waals surface area contributed by atoms with Crippen molar-refractivity contribution in [1.82, 2.24) is 4.98 Å². The predicted molar refractivity (Wildman–Crippen MR) is 124 cm³/mol. The van der Waals surface area contributed by atoms with Crippen LogP contribution in [-0.4, -0.2) is 41.7 Å². The van der Waals surface area contributed by atoms with Gasteiger partial charge in [-0.1, -0.05) is 30.3 Å². The summed E-state index contributed by atoms with van der Waals surface area (Å²) < 4.78 is 17.1. The van der Waals surface area contributed by atoms with Crippen LogP contribution >= 0.6 is 0 Å². The van der Waals surface area contributed by atoms with E-state index in [2.05, 4.69) is 0 Å². The molecule has 0 aliphatic rings. The topological polar surface area (TPSA) is 95.0 Å². The number of carboxylic acid groups (broad SMARTS) is 1. The van der Waals surface area contributed by atoms with Gasteiger partial charge in [-0.25, -0.2) is 9.78 Å². The summed E-state index contributed by atoms with van der Waals surface area (Å²) in [4.78, 5) is 27.1. The summed E-state index contributed by atoms with van der Waals surface area (Å²) in [6, 6.07) is 18.2. The molecule has 7 nitrogen and oxygen atoms in total. The number of ketones is 1. The number of aromatic nitrogens is 1. The summed E-state index contributed by atoms with van der Waals surface area (Å²) in [5, 5.41) is 8.80. The Morgan fingerprint density at radius 3 is 2.45 bits per heavy atom.